The first-order chi connectivity index (χ1) is 11.9. The average Bonchev–Trinajstić information content (AvgIpc) is 2.62. The van der Waals surface area contributed by atoms with E-state index < -0.39 is 11.2 Å². The van der Waals surface area contributed by atoms with Crippen molar-refractivity contribution in [3.05, 3.63) is 65.7 Å². The van der Waals surface area contributed by atoms with Gasteiger partial charge in [0.25, 0.3) is 5.91 Å². The van der Waals surface area contributed by atoms with Gasteiger partial charge < -0.3 is 10.0 Å². The van der Waals surface area contributed by atoms with E-state index in [-0.39, 0.29) is 11.8 Å². The first-order valence-corrected chi connectivity index (χ1v) is 9.07. The summed E-state index contributed by atoms with van der Waals surface area (Å²) in [6.07, 6.45) is 0. The lowest BCUT2D eigenvalue weighted by Gasteiger charge is -2.23. The van der Waals surface area contributed by atoms with Gasteiger partial charge in [0.2, 0.25) is 0 Å². The SMILES string of the molecule is CC(Sc1ccccc1C(=O)N(C)CC(C)c1ccccc1)C(=O)O. The molecule has 0 bridgehead atoms. The van der Waals surface area contributed by atoms with Crippen LogP contribution in [0.4, 0.5) is 0 Å². The molecule has 0 heterocycles. The molecular formula is C20H23NO3S. The standard InChI is InChI=1S/C20H23NO3S/c1-14(16-9-5-4-6-10-16)13-21(3)19(22)17-11-7-8-12-18(17)25-15(2)20(23)24/h4-12,14-15H,13H2,1-3H3,(H,23,24). The molecular weight excluding hydrogens is 334 g/mol. The summed E-state index contributed by atoms with van der Waals surface area (Å²) in [5, 5.41) is 8.50. The lowest BCUT2D eigenvalue weighted by atomic mass is 10.0. The number of carbonyl (C=O) groups is 2. The molecule has 1 N–H and O–H groups in total. The molecule has 0 spiro atoms. The van der Waals surface area contributed by atoms with Crippen LogP contribution in [-0.2, 0) is 4.79 Å². The van der Waals surface area contributed by atoms with Crippen LogP contribution in [0.3, 0.4) is 0 Å². The summed E-state index contributed by atoms with van der Waals surface area (Å²) in [5.74, 6) is -0.769. The summed E-state index contributed by atoms with van der Waals surface area (Å²) in [6.45, 7) is 4.30. The normalized spacial score (nSPS) is 13.1. The molecule has 0 aromatic heterocycles. The molecule has 0 aliphatic rings. The van der Waals surface area contributed by atoms with Crippen LogP contribution in [0.5, 0.6) is 0 Å². The van der Waals surface area contributed by atoms with Crippen molar-refractivity contribution >= 4 is 23.6 Å². The zero-order valence-electron chi connectivity index (χ0n) is 14.7. The van der Waals surface area contributed by atoms with Gasteiger partial charge in [-0.1, -0.05) is 49.4 Å². The van der Waals surface area contributed by atoms with Gasteiger partial charge in [0.15, 0.2) is 0 Å². The molecule has 25 heavy (non-hydrogen) atoms. The number of hydrogen-bond donors (Lipinski definition) is 1. The Morgan fingerprint density at radius 3 is 2.28 bits per heavy atom. The summed E-state index contributed by atoms with van der Waals surface area (Å²) in [5.41, 5.74) is 1.73. The summed E-state index contributed by atoms with van der Waals surface area (Å²) in [7, 11) is 1.78. The van der Waals surface area contributed by atoms with Crippen molar-refractivity contribution in [3.8, 4) is 0 Å². The maximum Gasteiger partial charge on any atom is 0.316 e. The molecule has 0 fully saturated rings. The van der Waals surface area contributed by atoms with Crippen molar-refractivity contribution < 1.29 is 14.7 Å². The van der Waals surface area contributed by atoms with Crippen molar-refractivity contribution in [3.63, 3.8) is 0 Å². The number of hydrogen-bond acceptors (Lipinski definition) is 3. The Morgan fingerprint density at radius 1 is 1.04 bits per heavy atom. The molecule has 5 heteroatoms. The minimum absolute atomic E-state index is 0.0940. The van der Waals surface area contributed by atoms with Crippen LogP contribution in [0.2, 0.25) is 0 Å². The van der Waals surface area contributed by atoms with Gasteiger partial charge >= 0.3 is 5.97 Å². The number of thioether (sulfide) groups is 1. The van der Waals surface area contributed by atoms with Gasteiger partial charge in [0.1, 0.15) is 5.25 Å². The van der Waals surface area contributed by atoms with E-state index in [1.165, 1.54) is 17.3 Å². The third-order valence-electron chi connectivity index (χ3n) is 4.03. The first-order valence-electron chi connectivity index (χ1n) is 8.19. The second-order valence-electron chi connectivity index (χ2n) is 6.09. The summed E-state index contributed by atoms with van der Waals surface area (Å²) in [6, 6.07) is 17.2. The number of carbonyl (C=O) groups excluding carboxylic acids is 1. The third-order valence-corrected chi connectivity index (χ3v) is 5.20. The van der Waals surface area contributed by atoms with E-state index in [1.54, 1.807) is 37.1 Å². The van der Waals surface area contributed by atoms with Crippen LogP contribution in [0.1, 0.15) is 35.7 Å². The molecule has 0 saturated carbocycles. The molecule has 2 unspecified atom stereocenters. The fraction of sp³-hybridized carbons (Fsp3) is 0.300. The van der Waals surface area contributed by atoms with Crippen molar-refractivity contribution in [2.24, 2.45) is 0 Å². The van der Waals surface area contributed by atoms with Crippen molar-refractivity contribution in [2.45, 2.75) is 29.9 Å². The number of rotatable bonds is 7. The molecule has 4 nitrogen and oxygen atoms in total. The van der Waals surface area contributed by atoms with E-state index in [9.17, 15) is 9.59 Å². The van der Waals surface area contributed by atoms with E-state index in [2.05, 4.69) is 19.1 Å². The monoisotopic (exact) mass is 357 g/mol. The highest BCUT2D eigenvalue weighted by molar-refractivity contribution is 8.00. The van der Waals surface area contributed by atoms with E-state index in [1.807, 2.05) is 24.3 Å². The van der Waals surface area contributed by atoms with Crippen molar-refractivity contribution in [1.29, 1.82) is 0 Å². The van der Waals surface area contributed by atoms with Crippen LogP contribution in [-0.4, -0.2) is 40.7 Å². The maximum atomic E-state index is 12.8. The van der Waals surface area contributed by atoms with Crippen LogP contribution < -0.4 is 0 Å². The number of carboxylic acids is 1. The van der Waals surface area contributed by atoms with Crippen LogP contribution >= 0.6 is 11.8 Å². The Balaban J connectivity index is 2.13. The van der Waals surface area contributed by atoms with Crippen LogP contribution in [0.25, 0.3) is 0 Å². The number of nitrogens with zero attached hydrogens (tertiary/aromatic N) is 1. The zero-order chi connectivity index (χ0) is 18.4. The van der Waals surface area contributed by atoms with E-state index in [4.69, 9.17) is 5.11 Å². The lowest BCUT2D eigenvalue weighted by molar-refractivity contribution is -0.136. The second kappa shape index (κ2) is 8.72. The fourth-order valence-corrected chi connectivity index (χ4v) is 3.49. The molecule has 132 valence electrons. The van der Waals surface area contributed by atoms with Gasteiger partial charge in [-0.05, 0) is 30.5 Å². The van der Waals surface area contributed by atoms with E-state index >= 15 is 0 Å². The Kier molecular flexibility index (Phi) is 6.65. The topological polar surface area (TPSA) is 57.6 Å². The molecule has 0 saturated heterocycles. The summed E-state index contributed by atoms with van der Waals surface area (Å²) >= 11 is 1.19. The predicted molar refractivity (Wildman–Crippen MR) is 101 cm³/mol. The van der Waals surface area contributed by atoms with Crippen LogP contribution in [0.15, 0.2) is 59.5 Å². The Hall–Kier alpha value is -2.27. The molecule has 0 aliphatic heterocycles. The molecule has 2 atom stereocenters. The van der Waals surface area contributed by atoms with Gasteiger partial charge in [-0.25, -0.2) is 0 Å². The maximum absolute atomic E-state index is 12.8. The minimum atomic E-state index is -0.890. The number of amides is 1. The fourth-order valence-electron chi connectivity index (χ4n) is 2.57. The van der Waals surface area contributed by atoms with Crippen LogP contribution in [0, 0.1) is 0 Å². The zero-order valence-corrected chi connectivity index (χ0v) is 15.5. The quantitative estimate of drug-likeness (QED) is 0.757. The highest BCUT2D eigenvalue weighted by Crippen LogP contribution is 2.28. The average molecular weight is 357 g/mol. The van der Waals surface area contributed by atoms with Gasteiger partial charge in [0.05, 0.1) is 5.56 Å². The molecule has 0 aliphatic carbocycles. The van der Waals surface area contributed by atoms with E-state index in [0.29, 0.717) is 17.0 Å². The molecule has 2 aromatic carbocycles. The minimum Gasteiger partial charge on any atom is -0.480 e. The smallest absolute Gasteiger partial charge is 0.316 e. The Labute approximate surface area is 152 Å². The highest BCUT2D eigenvalue weighted by atomic mass is 32.2. The molecule has 2 rings (SSSR count). The Bertz CT molecular complexity index is 733. The van der Waals surface area contributed by atoms with Gasteiger partial charge in [-0.2, -0.15) is 0 Å². The van der Waals surface area contributed by atoms with E-state index in [0.717, 1.165) is 0 Å². The largest absolute Gasteiger partial charge is 0.480 e. The first kappa shape index (κ1) is 19.1. The number of likely N-dealkylation sites (N-methyl/N-ethyl adjacent to an activating group) is 1. The predicted octanol–water partition coefficient (Wildman–Crippen LogP) is 4.13. The summed E-state index contributed by atoms with van der Waals surface area (Å²) < 4.78 is 0. The Morgan fingerprint density at radius 2 is 1.64 bits per heavy atom. The molecule has 2 aromatic rings. The number of carboxylic acid groups (broad SMARTS) is 1. The van der Waals surface area contributed by atoms with Gasteiger partial charge in [-0.15, -0.1) is 11.8 Å². The molecule has 0 radical (unpaired) electrons. The third kappa shape index (κ3) is 5.10. The van der Waals surface area contributed by atoms with Gasteiger partial charge in [0, 0.05) is 18.5 Å². The van der Waals surface area contributed by atoms with Crippen molar-refractivity contribution in [1.82, 2.24) is 4.90 Å². The van der Waals surface area contributed by atoms with Crippen molar-refractivity contribution in [2.75, 3.05) is 13.6 Å². The lowest BCUT2D eigenvalue weighted by Crippen LogP contribution is -2.30. The number of benzene rings is 2. The van der Waals surface area contributed by atoms with Gasteiger partial charge in [-0.3, -0.25) is 9.59 Å². The molecule has 1 amide bonds. The highest BCUT2D eigenvalue weighted by Gasteiger charge is 2.21. The second-order valence-corrected chi connectivity index (χ2v) is 7.47. The summed E-state index contributed by atoms with van der Waals surface area (Å²) in [4.78, 5) is 26.3. The number of aliphatic carboxylic acids is 1.